The van der Waals surface area contributed by atoms with Crippen LogP contribution in [0.4, 0.5) is 5.69 Å². The normalized spacial score (nSPS) is 11.3. The Hall–Kier alpha value is -1.74. The molecule has 0 saturated heterocycles. The van der Waals surface area contributed by atoms with E-state index in [1.165, 1.54) is 12.3 Å². The summed E-state index contributed by atoms with van der Waals surface area (Å²) in [4.78, 5) is 11.6. The highest BCUT2D eigenvalue weighted by atomic mass is 35.5. The SMILES string of the molecule is NS(=O)(=O)c1cc(C(=O)OCCl)c(NCc2ccco2)cc1Cl. The Morgan fingerprint density at radius 2 is 2.13 bits per heavy atom. The van der Waals surface area contributed by atoms with E-state index in [9.17, 15) is 13.2 Å². The Bertz CT molecular complexity index is 806. The molecule has 2 rings (SSSR count). The molecule has 1 heterocycles. The van der Waals surface area contributed by atoms with Crippen LogP contribution in [0.15, 0.2) is 39.8 Å². The summed E-state index contributed by atoms with van der Waals surface area (Å²) in [6.07, 6.45) is 1.50. The molecule has 0 aliphatic rings. The average molecular weight is 379 g/mol. The van der Waals surface area contributed by atoms with Crippen molar-refractivity contribution in [2.75, 3.05) is 11.4 Å². The molecule has 23 heavy (non-hydrogen) atoms. The van der Waals surface area contributed by atoms with Crippen LogP contribution in [0.5, 0.6) is 0 Å². The van der Waals surface area contributed by atoms with Gasteiger partial charge in [-0.05, 0) is 24.3 Å². The summed E-state index contributed by atoms with van der Waals surface area (Å²) in [5.41, 5.74) is 0.194. The Balaban J connectivity index is 2.42. The van der Waals surface area contributed by atoms with Crippen LogP contribution in [0.3, 0.4) is 0 Å². The molecule has 0 radical (unpaired) electrons. The molecule has 0 aliphatic carbocycles. The molecule has 0 spiro atoms. The molecular weight excluding hydrogens is 367 g/mol. The lowest BCUT2D eigenvalue weighted by Crippen LogP contribution is -2.16. The highest BCUT2D eigenvalue weighted by molar-refractivity contribution is 7.89. The number of ether oxygens (including phenoxy) is 1. The van der Waals surface area contributed by atoms with Gasteiger partial charge in [-0.25, -0.2) is 18.4 Å². The monoisotopic (exact) mass is 378 g/mol. The molecular formula is C13H12Cl2N2O5S. The molecule has 0 atom stereocenters. The molecule has 10 heteroatoms. The Labute approximate surface area is 142 Å². The number of alkyl halides is 1. The third-order valence-corrected chi connectivity index (χ3v) is 4.30. The lowest BCUT2D eigenvalue weighted by molar-refractivity contribution is 0.0575. The first-order valence-corrected chi connectivity index (χ1v) is 8.64. The fourth-order valence-electron chi connectivity index (χ4n) is 1.81. The van der Waals surface area contributed by atoms with E-state index in [0.29, 0.717) is 5.76 Å². The minimum Gasteiger partial charge on any atom is -0.467 e. The van der Waals surface area contributed by atoms with Crippen molar-refractivity contribution in [3.05, 3.63) is 46.9 Å². The summed E-state index contributed by atoms with van der Waals surface area (Å²) in [5.74, 6) is -0.211. The number of anilines is 1. The van der Waals surface area contributed by atoms with E-state index < -0.39 is 16.0 Å². The molecule has 0 aliphatic heterocycles. The predicted molar refractivity (Wildman–Crippen MR) is 85.0 cm³/mol. The van der Waals surface area contributed by atoms with Gasteiger partial charge in [-0.1, -0.05) is 23.2 Å². The fraction of sp³-hybridized carbons (Fsp3) is 0.154. The maximum absolute atomic E-state index is 12.0. The Morgan fingerprint density at radius 1 is 1.39 bits per heavy atom. The fourth-order valence-corrected chi connectivity index (χ4v) is 3.01. The maximum Gasteiger partial charge on any atom is 0.341 e. The Morgan fingerprint density at radius 3 is 2.70 bits per heavy atom. The molecule has 7 nitrogen and oxygen atoms in total. The van der Waals surface area contributed by atoms with E-state index in [2.05, 4.69) is 5.32 Å². The van der Waals surface area contributed by atoms with Gasteiger partial charge in [0.1, 0.15) is 10.7 Å². The first-order valence-electron chi connectivity index (χ1n) is 6.18. The van der Waals surface area contributed by atoms with E-state index >= 15 is 0 Å². The number of sulfonamides is 1. The number of rotatable bonds is 6. The average Bonchev–Trinajstić information content (AvgIpc) is 2.97. The summed E-state index contributed by atoms with van der Waals surface area (Å²) in [5, 5.41) is 7.86. The van der Waals surface area contributed by atoms with Gasteiger partial charge in [-0.2, -0.15) is 0 Å². The first-order chi connectivity index (χ1) is 10.8. The molecule has 124 valence electrons. The van der Waals surface area contributed by atoms with E-state index in [4.69, 9.17) is 37.5 Å². The van der Waals surface area contributed by atoms with Crippen LogP contribution in [-0.4, -0.2) is 20.5 Å². The molecule has 1 aromatic carbocycles. The van der Waals surface area contributed by atoms with Gasteiger partial charge in [0.05, 0.1) is 29.1 Å². The van der Waals surface area contributed by atoms with E-state index in [0.717, 1.165) is 6.07 Å². The number of esters is 1. The van der Waals surface area contributed by atoms with Crippen molar-refractivity contribution in [1.29, 1.82) is 0 Å². The van der Waals surface area contributed by atoms with Crippen molar-refractivity contribution >= 4 is 44.9 Å². The number of primary sulfonamides is 1. The van der Waals surface area contributed by atoms with Crippen molar-refractivity contribution in [1.82, 2.24) is 0 Å². The van der Waals surface area contributed by atoms with Crippen LogP contribution in [0.25, 0.3) is 0 Å². The third-order valence-electron chi connectivity index (χ3n) is 2.82. The highest BCUT2D eigenvalue weighted by Crippen LogP contribution is 2.29. The maximum atomic E-state index is 12.0. The summed E-state index contributed by atoms with van der Waals surface area (Å²) in [6, 6.07) is 5.36. The number of carbonyl (C=O) groups excluding carboxylic acids is 1. The summed E-state index contributed by atoms with van der Waals surface area (Å²) in [7, 11) is -4.10. The standard InChI is InChI=1S/C13H12Cl2N2O5S/c14-7-22-13(18)9-4-12(23(16,19)20)10(15)5-11(9)17-6-8-2-1-3-21-8/h1-5,17H,6-7H2,(H2,16,19,20). The third kappa shape index (κ3) is 4.38. The largest absolute Gasteiger partial charge is 0.467 e. The molecule has 2 aromatic rings. The van der Waals surface area contributed by atoms with E-state index in [1.807, 2.05) is 0 Å². The molecule has 0 bridgehead atoms. The number of benzene rings is 1. The molecule has 1 aromatic heterocycles. The zero-order chi connectivity index (χ0) is 17.0. The van der Waals surface area contributed by atoms with Gasteiger partial charge in [-0.3, -0.25) is 0 Å². The van der Waals surface area contributed by atoms with Gasteiger partial charge in [0, 0.05) is 0 Å². The first kappa shape index (κ1) is 17.6. The number of nitrogens with one attached hydrogen (secondary N) is 1. The van der Waals surface area contributed by atoms with Crippen LogP contribution < -0.4 is 10.5 Å². The van der Waals surface area contributed by atoms with Crippen molar-refractivity contribution in [3.8, 4) is 0 Å². The predicted octanol–water partition coefficient (Wildman–Crippen LogP) is 2.55. The number of halogens is 2. The summed E-state index contributed by atoms with van der Waals surface area (Å²) in [6.45, 7) is 0.249. The Kier molecular flexibility index (Phi) is 5.53. The van der Waals surface area contributed by atoms with Gasteiger partial charge >= 0.3 is 5.97 Å². The molecule has 0 unspecified atom stereocenters. The van der Waals surface area contributed by atoms with Gasteiger partial charge < -0.3 is 14.5 Å². The minimum atomic E-state index is -4.10. The van der Waals surface area contributed by atoms with Crippen molar-refractivity contribution in [2.24, 2.45) is 5.14 Å². The second-order valence-electron chi connectivity index (χ2n) is 4.35. The van der Waals surface area contributed by atoms with Gasteiger partial charge in [-0.15, -0.1) is 0 Å². The van der Waals surface area contributed by atoms with Gasteiger partial charge in [0.15, 0.2) is 6.07 Å². The van der Waals surface area contributed by atoms with Crippen LogP contribution in [0.2, 0.25) is 5.02 Å². The van der Waals surface area contributed by atoms with Crippen molar-refractivity contribution in [3.63, 3.8) is 0 Å². The van der Waals surface area contributed by atoms with E-state index in [-0.39, 0.29) is 33.8 Å². The quantitative estimate of drug-likeness (QED) is 0.589. The van der Waals surface area contributed by atoms with Crippen LogP contribution in [-0.2, 0) is 21.3 Å². The molecule has 0 fully saturated rings. The molecule has 0 amide bonds. The number of hydrogen-bond donors (Lipinski definition) is 2. The zero-order valence-electron chi connectivity index (χ0n) is 11.6. The lowest BCUT2D eigenvalue weighted by atomic mass is 10.1. The van der Waals surface area contributed by atoms with Crippen LogP contribution in [0.1, 0.15) is 16.1 Å². The molecule has 0 saturated carbocycles. The number of carbonyl (C=O) groups is 1. The van der Waals surface area contributed by atoms with E-state index in [1.54, 1.807) is 12.1 Å². The summed E-state index contributed by atoms with van der Waals surface area (Å²) >= 11 is 11.3. The minimum absolute atomic E-state index is 0.0642. The summed E-state index contributed by atoms with van der Waals surface area (Å²) < 4.78 is 32.9. The van der Waals surface area contributed by atoms with Crippen molar-refractivity contribution < 1.29 is 22.4 Å². The smallest absolute Gasteiger partial charge is 0.341 e. The van der Waals surface area contributed by atoms with Crippen LogP contribution >= 0.6 is 23.2 Å². The van der Waals surface area contributed by atoms with Crippen LogP contribution in [0, 0.1) is 0 Å². The zero-order valence-corrected chi connectivity index (χ0v) is 13.9. The van der Waals surface area contributed by atoms with Gasteiger partial charge in [0.2, 0.25) is 10.0 Å². The number of nitrogens with two attached hydrogens (primary N) is 1. The second kappa shape index (κ2) is 7.22. The lowest BCUT2D eigenvalue weighted by Gasteiger charge is -2.13. The topological polar surface area (TPSA) is 112 Å². The molecule has 3 N–H and O–H groups in total. The number of furan rings is 1. The number of hydrogen-bond acceptors (Lipinski definition) is 6. The van der Waals surface area contributed by atoms with Crippen molar-refractivity contribution in [2.45, 2.75) is 11.4 Å². The second-order valence-corrected chi connectivity index (χ2v) is 6.50. The highest BCUT2D eigenvalue weighted by Gasteiger charge is 2.21. The van der Waals surface area contributed by atoms with Gasteiger partial charge in [0.25, 0.3) is 0 Å².